The van der Waals surface area contributed by atoms with E-state index in [0.29, 0.717) is 0 Å². The highest BCUT2D eigenvalue weighted by Gasteiger charge is 2.30. The first-order chi connectivity index (χ1) is 7.49. The zero-order chi connectivity index (χ0) is 12.7. The highest BCUT2D eigenvalue weighted by atomic mass is 16.5. The van der Waals surface area contributed by atoms with Gasteiger partial charge in [-0.2, -0.15) is 0 Å². The number of hydrogen-bond acceptors (Lipinski definition) is 5. The van der Waals surface area contributed by atoms with E-state index in [1.807, 2.05) is 6.92 Å². The lowest BCUT2D eigenvalue weighted by atomic mass is 10.2. The molecule has 0 fully saturated rings. The van der Waals surface area contributed by atoms with Gasteiger partial charge in [-0.1, -0.05) is 6.92 Å². The summed E-state index contributed by atoms with van der Waals surface area (Å²) >= 11 is 0. The van der Waals surface area contributed by atoms with Crippen molar-refractivity contribution in [3.8, 4) is 0 Å². The van der Waals surface area contributed by atoms with Crippen LogP contribution in [0.1, 0.15) is 27.2 Å². The molecule has 0 heterocycles. The Kier molecular flexibility index (Phi) is 6.72. The number of hydrogen-bond donors (Lipinski definition) is 0. The predicted octanol–water partition coefficient (Wildman–Crippen LogP) is 0.983. The average molecular weight is 230 g/mol. The summed E-state index contributed by atoms with van der Waals surface area (Å²) in [6.45, 7) is 7.11. The van der Waals surface area contributed by atoms with E-state index in [9.17, 15) is 9.59 Å². The van der Waals surface area contributed by atoms with E-state index in [1.165, 1.54) is 14.2 Å². The molecule has 0 aliphatic rings. The molecule has 0 aromatic carbocycles. The number of carbonyl (C=O) groups is 2. The van der Waals surface area contributed by atoms with Crippen LogP contribution in [0, 0.1) is 6.54 Å². The van der Waals surface area contributed by atoms with Gasteiger partial charge in [0.15, 0.2) is 0 Å². The minimum absolute atomic E-state index is 0.375. The van der Waals surface area contributed by atoms with Crippen LogP contribution in [0.15, 0.2) is 0 Å². The van der Waals surface area contributed by atoms with Crippen LogP contribution in [0.2, 0.25) is 0 Å². The first-order valence-electron chi connectivity index (χ1n) is 5.25. The van der Waals surface area contributed by atoms with Crippen molar-refractivity contribution in [2.45, 2.75) is 39.3 Å². The monoisotopic (exact) mass is 230 g/mol. The normalized spacial score (nSPS) is 14.4. The van der Waals surface area contributed by atoms with Crippen LogP contribution in [0.4, 0.5) is 0 Å². The summed E-state index contributed by atoms with van der Waals surface area (Å²) in [6, 6.07) is -1.00. The minimum atomic E-state index is -0.501. The van der Waals surface area contributed by atoms with E-state index < -0.39 is 12.1 Å². The largest absolute Gasteiger partial charge is 0.468 e. The lowest BCUT2D eigenvalue weighted by Crippen LogP contribution is -2.47. The van der Waals surface area contributed by atoms with Crippen LogP contribution < -0.4 is 0 Å². The number of nitrogens with zero attached hydrogens (tertiary/aromatic N) is 1. The van der Waals surface area contributed by atoms with Gasteiger partial charge in [0.05, 0.1) is 14.2 Å². The second-order valence-corrected chi connectivity index (χ2v) is 3.44. The van der Waals surface area contributed by atoms with E-state index in [1.54, 1.807) is 25.3 Å². The van der Waals surface area contributed by atoms with Gasteiger partial charge in [0.25, 0.3) is 0 Å². The van der Waals surface area contributed by atoms with Crippen LogP contribution >= 0.6 is 0 Å². The topological polar surface area (TPSA) is 55.8 Å². The van der Waals surface area contributed by atoms with Gasteiger partial charge in [0, 0.05) is 6.54 Å². The Bertz CT molecular complexity index is 220. The van der Waals surface area contributed by atoms with Crippen LogP contribution in [0.25, 0.3) is 0 Å². The maximum absolute atomic E-state index is 11.4. The molecule has 0 rings (SSSR count). The van der Waals surface area contributed by atoms with Gasteiger partial charge in [0.2, 0.25) is 0 Å². The fourth-order valence-electron chi connectivity index (χ4n) is 1.45. The summed E-state index contributed by atoms with van der Waals surface area (Å²) < 4.78 is 9.30. The van der Waals surface area contributed by atoms with Gasteiger partial charge in [-0.05, 0) is 20.3 Å². The third-order valence-corrected chi connectivity index (χ3v) is 2.37. The van der Waals surface area contributed by atoms with E-state index in [-0.39, 0.29) is 11.9 Å². The Labute approximate surface area is 96.7 Å². The van der Waals surface area contributed by atoms with Gasteiger partial charge in [-0.25, -0.2) is 0 Å². The molecule has 2 unspecified atom stereocenters. The molecule has 0 spiro atoms. The lowest BCUT2D eigenvalue weighted by molar-refractivity contribution is -0.152. The van der Waals surface area contributed by atoms with Crippen molar-refractivity contribution in [1.29, 1.82) is 0 Å². The fourth-order valence-corrected chi connectivity index (χ4v) is 1.45. The SMILES string of the molecule is CC[CH]N(C(C)C(=O)OC)C(C)C(=O)OC. The molecule has 93 valence electrons. The molecule has 0 aromatic heterocycles. The van der Waals surface area contributed by atoms with Crippen molar-refractivity contribution in [2.24, 2.45) is 0 Å². The highest BCUT2D eigenvalue weighted by Crippen LogP contribution is 2.12. The van der Waals surface area contributed by atoms with E-state index in [0.717, 1.165) is 6.42 Å². The Hall–Kier alpha value is -1.10. The van der Waals surface area contributed by atoms with Gasteiger partial charge >= 0.3 is 11.9 Å². The number of esters is 2. The summed E-state index contributed by atoms with van der Waals surface area (Å²) in [4.78, 5) is 24.5. The van der Waals surface area contributed by atoms with E-state index in [4.69, 9.17) is 0 Å². The smallest absolute Gasteiger partial charge is 0.322 e. The Morgan fingerprint density at radius 1 is 1.12 bits per heavy atom. The van der Waals surface area contributed by atoms with Gasteiger partial charge in [-0.3, -0.25) is 14.5 Å². The van der Waals surface area contributed by atoms with E-state index >= 15 is 0 Å². The molecule has 5 heteroatoms. The Morgan fingerprint density at radius 2 is 1.50 bits per heavy atom. The van der Waals surface area contributed by atoms with Crippen LogP contribution in [0.3, 0.4) is 0 Å². The number of methoxy groups -OCH3 is 2. The maximum atomic E-state index is 11.4. The van der Waals surface area contributed by atoms with Crippen molar-refractivity contribution >= 4 is 11.9 Å². The maximum Gasteiger partial charge on any atom is 0.322 e. The Morgan fingerprint density at radius 3 is 1.75 bits per heavy atom. The van der Waals surface area contributed by atoms with Crippen molar-refractivity contribution in [2.75, 3.05) is 14.2 Å². The van der Waals surface area contributed by atoms with Gasteiger partial charge in [0.1, 0.15) is 12.1 Å². The third-order valence-electron chi connectivity index (χ3n) is 2.37. The third kappa shape index (κ3) is 3.81. The minimum Gasteiger partial charge on any atom is -0.468 e. The molecule has 0 bridgehead atoms. The number of carbonyl (C=O) groups excluding carboxylic acids is 2. The summed E-state index contributed by atoms with van der Waals surface area (Å²) in [5, 5.41) is 0. The summed E-state index contributed by atoms with van der Waals surface area (Å²) in [7, 11) is 2.65. The molecule has 0 amide bonds. The zero-order valence-corrected chi connectivity index (χ0v) is 10.5. The van der Waals surface area contributed by atoms with Crippen molar-refractivity contribution in [3.63, 3.8) is 0 Å². The molecule has 16 heavy (non-hydrogen) atoms. The van der Waals surface area contributed by atoms with Crippen molar-refractivity contribution < 1.29 is 19.1 Å². The average Bonchev–Trinajstić information content (AvgIpc) is 2.32. The quantitative estimate of drug-likeness (QED) is 0.637. The molecular formula is C11H20NO4. The standard InChI is InChI=1S/C11H20NO4/c1-6-7-12(8(2)10(13)15-4)9(3)11(14)16-5/h7-9H,6H2,1-5H3. The molecule has 0 aromatic rings. The predicted molar refractivity (Wildman–Crippen MR) is 59.4 cm³/mol. The fraction of sp³-hybridized carbons (Fsp3) is 0.727. The van der Waals surface area contributed by atoms with Crippen LogP contribution in [0.5, 0.6) is 0 Å². The van der Waals surface area contributed by atoms with Crippen LogP contribution in [-0.2, 0) is 19.1 Å². The lowest BCUT2D eigenvalue weighted by Gasteiger charge is -2.30. The summed E-state index contributed by atoms with van der Waals surface area (Å²) in [6.07, 6.45) is 0.725. The van der Waals surface area contributed by atoms with Gasteiger partial charge < -0.3 is 9.47 Å². The molecule has 0 aliphatic heterocycles. The second kappa shape index (κ2) is 7.22. The van der Waals surface area contributed by atoms with Crippen molar-refractivity contribution in [1.82, 2.24) is 4.90 Å². The van der Waals surface area contributed by atoms with E-state index in [2.05, 4.69) is 9.47 Å². The molecular weight excluding hydrogens is 210 g/mol. The summed E-state index contributed by atoms with van der Waals surface area (Å²) in [5.74, 6) is -0.749. The molecule has 0 saturated heterocycles. The van der Waals surface area contributed by atoms with Crippen LogP contribution in [-0.4, -0.2) is 43.1 Å². The number of rotatable bonds is 6. The summed E-state index contributed by atoms with van der Waals surface area (Å²) in [5.41, 5.74) is 0. The first kappa shape index (κ1) is 14.9. The van der Waals surface area contributed by atoms with Crippen molar-refractivity contribution in [3.05, 3.63) is 6.54 Å². The van der Waals surface area contributed by atoms with Gasteiger partial charge in [-0.15, -0.1) is 0 Å². The zero-order valence-electron chi connectivity index (χ0n) is 10.5. The molecule has 1 radical (unpaired) electrons. The molecule has 0 aliphatic carbocycles. The second-order valence-electron chi connectivity index (χ2n) is 3.44. The Balaban J connectivity index is 4.70. The molecule has 0 N–H and O–H groups in total. The molecule has 2 atom stereocenters. The first-order valence-corrected chi connectivity index (χ1v) is 5.25. The number of ether oxygens (including phenoxy) is 2. The molecule has 0 saturated carbocycles. The molecule has 5 nitrogen and oxygen atoms in total. The highest BCUT2D eigenvalue weighted by molar-refractivity contribution is 5.79.